The molecule has 1 aliphatic heterocycles. The van der Waals surface area contributed by atoms with Crippen molar-refractivity contribution >= 4 is 23.4 Å². The molecule has 1 aromatic rings. The fourth-order valence-corrected chi connectivity index (χ4v) is 7.67. The summed E-state index contributed by atoms with van der Waals surface area (Å²) in [6, 6.07) is 4.10. The van der Waals surface area contributed by atoms with Gasteiger partial charge >= 0.3 is 0 Å². The number of benzene rings is 1. The summed E-state index contributed by atoms with van der Waals surface area (Å²) in [5.41, 5.74) is -0.106. The Balaban J connectivity index is 1.04. The molecule has 214 valence electrons. The molecule has 3 N–H and O–H groups in total. The first-order valence-corrected chi connectivity index (χ1v) is 15.3. The minimum atomic E-state index is -0.582. The zero-order valence-corrected chi connectivity index (χ0v) is 23.7. The highest BCUT2D eigenvalue weighted by Gasteiger charge is 2.69. The molecule has 4 aliphatic carbocycles. The molecule has 6 rings (SSSR count). The number of ether oxygens (including phenoxy) is 1. The molecule has 39 heavy (non-hydrogen) atoms. The van der Waals surface area contributed by atoms with E-state index in [0.717, 1.165) is 32.4 Å². The summed E-state index contributed by atoms with van der Waals surface area (Å²) in [6.45, 7) is 1.86. The quantitative estimate of drug-likeness (QED) is 0.367. The molecular formula is C31H43ClFN3O3. The van der Waals surface area contributed by atoms with Gasteiger partial charge in [0, 0.05) is 30.2 Å². The number of hydrogen-bond acceptors (Lipinski definition) is 4. The molecular weight excluding hydrogens is 517 g/mol. The molecule has 2 amide bonds. The number of hydrogen-bond donors (Lipinski definition) is 3. The van der Waals surface area contributed by atoms with Crippen LogP contribution in [0.25, 0.3) is 0 Å². The van der Waals surface area contributed by atoms with Gasteiger partial charge < -0.3 is 20.7 Å². The second-order valence-corrected chi connectivity index (χ2v) is 13.2. The number of rotatable bonds is 7. The topological polar surface area (TPSA) is 79.5 Å². The number of carbonyl (C=O) groups is 2. The lowest BCUT2D eigenvalue weighted by atomic mass is 9.44. The summed E-state index contributed by atoms with van der Waals surface area (Å²) in [4.78, 5) is 25.1. The van der Waals surface area contributed by atoms with Gasteiger partial charge in [0.25, 0.3) is 5.91 Å². The van der Waals surface area contributed by atoms with E-state index in [0.29, 0.717) is 11.3 Å². The summed E-state index contributed by atoms with van der Waals surface area (Å²) in [5, 5.41) is 9.93. The van der Waals surface area contributed by atoms with Crippen LogP contribution < -0.4 is 20.7 Å². The van der Waals surface area contributed by atoms with Gasteiger partial charge in [-0.3, -0.25) is 9.59 Å². The average molecular weight is 560 g/mol. The van der Waals surface area contributed by atoms with Crippen LogP contribution in [0.15, 0.2) is 30.4 Å². The third kappa shape index (κ3) is 7.15. The van der Waals surface area contributed by atoms with Crippen molar-refractivity contribution in [3.63, 3.8) is 0 Å². The third-order valence-electron chi connectivity index (χ3n) is 9.37. The van der Waals surface area contributed by atoms with Gasteiger partial charge in [0.05, 0.1) is 5.02 Å². The second kappa shape index (κ2) is 12.2. The van der Waals surface area contributed by atoms with Crippen LogP contribution in [0, 0.1) is 17.2 Å². The van der Waals surface area contributed by atoms with E-state index in [9.17, 15) is 14.0 Å². The van der Waals surface area contributed by atoms with E-state index < -0.39 is 5.82 Å². The van der Waals surface area contributed by atoms with Gasteiger partial charge in [0.15, 0.2) is 6.61 Å². The number of halogens is 2. The minimum Gasteiger partial charge on any atom is -0.484 e. The molecule has 8 heteroatoms. The molecule has 1 spiro atoms. The average Bonchev–Trinajstić information content (AvgIpc) is 2.92. The van der Waals surface area contributed by atoms with E-state index in [2.05, 4.69) is 22.0 Å². The Kier molecular flexibility index (Phi) is 8.87. The largest absolute Gasteiger partial charge is 0.484 e. The van der Waals surface area contributed by atoms with Crippen LogP contribution in [0.4, 0.5) is 4.39 Å². The maximum Gasteiger partial charge on any atom is 0.258 e. The standard InChI is InChI=1S/C31H43ClFN3O3/c32-25-11-10-24(15-26(25)33)39-18-28(38)36-31-19-30(20-31,21-31)35-27(37)12-9-23-16-29(22-34-17-23)13-7-5-3-1-2-4-6-8-14-29/h9-12,15,23,34H,1-8,13-14,16-22H2,(H,35,37)(H,36,38)/b12-9+. The van der Waals surface area contributed by atoms with E-state index in [4.69, 9.17) is 16.3 Å². The highest BCUT2D eigenvalue weighted by molar-refractivity contribution is 6.30. The lowest BCUT2D eigenvalue weighted by molar-refractivity contribution is -0.148. The Morgan fingerprint density at radius 3 is 2.31 bits per heavy atom. The molecule has 6 nitrogen and oxygen atoms in total. The molecule has 1 aromatic carbocycles. The van der Waals surface area contributed by atoms with Crippen molar-refractivity contribution < 1.29 is 18.7 Å². The molecule has 5 fully saturated rings. The Morgan fingerprint density at radius 1 is 1.00 bits per heavy atom. The highest BCUT2D eigenvalue weighted by atomic mass is 35.5. The molecule has 1 unspecified atom stereocenters. The van der Waals surface area contributed by atoms with E-state index in [1.807, 2.05) is 0 Å². The van der Waals surface area contributed by atoms with E-state index in [-0.39, 0.29) is 40.3 Å². The molecule has 5 aliphatic rings. The number of nitrogens with one attached hydrogen (secondary N) is 3. The number of carbonyl (C=O) groups excluding carboxylic acids is 2. The van der Waals surface area contributed by atoms with Crippen molar-refractivity contribution in [3.8, 4) is 5.75 Å². The lowest BCUT2D eigenvalue weighted by Gasteiger charge is -2.70. The first-order valence-electron chi connectivity index (χ1n) is 14.9. The summed E-state index contributed by atoms with van der Waals surface area (Å²) in [7, 11) is 0. The van der Waals surface area contributed by atoms with E-state index in [1.165, 1.54) is 88.8 Å². The van der Waals surface area contributed by atoms with Gasteiger partial charge in [-0.05, 0) is 68.1 Å². The Hall–Kier alpha value is -2.12. The molecule has 1 atom stereocenters. The molecule has 0 radical (unpaired) electrons. The van der Waals surface area contributed by atoms with Crippen LogP contribution in [-0.2, 0) is 9.59 Å². The Morgan fingerprint density at radius 2 is 1.64 bits per heavy atom. The van der Waals surface area contributed by atoms with Crippen LogP contribution in [0.1, 0.15) is 89.9 Å². The normalized spacial score (nSPS) is 30.5. The van der Waals surface area contributed by atoms with Gasteiger partial charge in [-0.2, -0.15) is 0 Å². The zero-order chi connectivity index (χ0) is 27.3. The molecule has 4 saturated carbocycles. The minimum absolute atomic E-state index is 0.0123. The van der Waals surface area contributed by atoms with Crippen molar-refractivity contribution in [1.82, 2.24) is 16.0 Å². The molecule has 2 bridgehead atoms. The van der Waals surface area contributed by atoms with E-state index in [1.54, 1.807) is 6.08 Å². The van der Waals surface area contributed by atoms with Crippen molar-refractivity contribution in [1.29, 1.82) is 0 Å². The lowest BCUT2D eigenvalue weighted by Crippen LogP contribution is -2.83. The summed E-state index contributed by atoms with van der Waals surface area (Å²) < 4.78 is 18.9. The number of amides is 2. The van der Waals surface area contributed by atoms with Crippen molar-refractivity contribution in [3.05, 3.63) is 41.2 Å². The van der Waals surface area contributed by atoms with Crippen molar-refractivity contribution in [2.45, 2.75) is 101 Å². The third-order valence-corrected chi connectivity index (χ3v) is 9.68. The van der Waals surface area contributed by atoms with Gasteiger partial charge in [-0.1, -0.05) is 69.0 Å². The van der Waals surface area contributed by atoms with Crippen LogP contribution in [0.2, 0.25) is 5.02 Å². The fraction of sp³-hybridized carbons (Fsp3) is 0.677. The SMILES string of the molecule is O=C(/C=C/C1CNCC2(CCCCCCCCCC2)C1)NC12CC(NC(=O)COc3ccc(Cl)c(F)c3)(C1)C2. The summed E-state index contributed by atoms with van der Waals surface area (Å²) in [5.74, 6) is -0.219. The van der Waals surface area contributed by atoms with Crippen LogP contribution in [0.3, 0.4) is 0 Å². The van der Waals surface area contributed by atoms with Crippen LogP contribution >= 0.6 is 11.6 Å². The monoisotopic (exact) mass is 559 g/mol. The van der Waals surface area contributed by atoms with Crippen molar-refractivity contribution in [2.24, 2.45) is 11.3 Å². The number of piperidine rings is 1. The van der Waals surface area contributed by atoms with Crippen LogP contribution in [-0.4, -0.2) is 42.6 Å². The Bertz CT molecular complexity index is 1050. The molecule has 1 heterocycles. The highest BCUT2D eigenvalue weighted by Crippen LogP contribution is 2.60. The molecule has 1 saturated heterocycles. The summed E-state index contributed by atoms with van der Waals surface area (Å²) in [6.07, 6.45) is 20.7. The maximum absolute atomic E-state index is 13.5. The second-order valence-electron chi connectivity index (χ2n) is 12.8. The predicted molar refractivity (Wildman–Crippen MR) is 151 cm³/mol. The van der Waals surface area contributed by atoms with Gasteiger partial charge in [0.1, 0.15) is 11.6 Å². The van der Waals surface area contributed by atoms with Crippen LogP contribution in [0.5, 0.6) is 5.75 Å². The van der Waals surface area contributed by atoms with Gasteiger partial charge in [-0.15, -0.1) is 0 Å². The fourth-order valence-electron chi connectivity index (χ4n) is 7.55. The Labute approximate surface area is 236 Å². The maximum atomic E-state index is 13.5. The predicted octanol–water partition coefficient (Wildman–Crippen LogP) is 5.83. The summed E-state index contributed by atoms with van der Waals surface area (Å²) >= 11 is 5.68. The molecule has 0 aromatic heterocycles. The van der Waals surface area contributed by atoms with Gasteiger partial charge in [-0.25, -0.2) is 4.39 Å². The first-order chi connectivity index (χ1) is 18.8. The zero-order valence-electron chi connectivity index (χ0n) is 23.0. The van der Waals surface area contributed by atoms with Gasteiger partial charge in [0.2, 0.25) is 5.91 Å². The smallest absolute Gasteiger partial charge is 0.258 e. The van der Waals surface area contributed by atoms with E-state index >= 15 is 0 Å². The van der Waals surface area contributed by atoms with Crippen molar-refractivity contribution in [2.75, 3.05) is 19.7 Å². The first kappa shape index (κ1) is 28.4.